The highest BCUT2D eigenvalue weighted by atomic mass is 16.3. The first-order valence-corrected chi connectivity index (χ1v) is 5.31. The minimum atomic E-state index is -0.120. The van der Waals surface area contributed by atoms with Gasteiger partial charge in [-0.25, -0.2) is 4.79 Å². The summed E-state index contributed by atoms with van der Waals surface area (Å²) in [4.78, 5) is 11.4. The van der Waals surface area contributed by atoms with Crippen molar-refractivity contribution in [3.63, 3.8) is 0 Å². The summed E-state index contributed by atoms with van der Waals surface area (Å²) >= 11 is 0. The maximum atomic E-state index is 11.4. The molecule has 0 radical (unpaired) electrons. The summed E-state index contributed by atoms with van der Waals surface area (Å²) in [5.41, 5.74) is 0. The van der Waals surface area contributed by atoms with Gasteiger partial charge >= 0.3 is 6.03 Å². The molecule has 1 unspecified atom stereocenters. The standard InChI is InChI=1S/C10H20N2O2/c1-7(2)11-10(14)12-9(5-6-13)8-3-4-8/h7-9,13H,3-6H2,1-2H3,(H2,11,12,14). The summed E-state index contributed by atoms with van der Waals surface area (Å²) in [6.07, 6.45) is 3.01. The van der Waals surface area contributed by atoms with E-state index in [0.717, 1.165) is 0 Å². The number of rotatable bonds is 5. The van der Waals surface area contributed by atoms with Crippen LogP contribution in [0, 0.1) is 5.92 Å². The second-order valence-electron chi connectivity index (χ2n) is 4.23. The molecule has 1 rings (SSSR count). The van der Waals surface area contributed by atoms with E-state index in [4.69, 9.17) is 5.11 Å². The average Bonchev–Trinajstić information content (AvgIpc) is 2.83. The average molecular weight is 200 g/mol. The Balaban J connectivity index is 2.27. The highest BCUT2D eigenvalue weighted by Gasteiger charge is 2.31. The van der Waals surface area contributed by atoms with E-state index in [9.17, 15) is 4.79 Å². The third-order valence-corrected chi connectivity index (χ3v) is 2.37. The topological polar surface area (TPSA) is 61.4 Å². The summed E-state index contributed by atoms with van der Waals surface area (Å²) in [5.74, 6) is 0.583. The van der Waals surface area contributed by atoms with E-state index in [0.29, 0.717) is 12.3 Å². The molecule has 0 aromatic rings. The molecule has 1 aliphatic carbocycles. The molecule has 14 heavy (non-hydrogen) atoms. The van der Waals surface area contributed by atoms with Crippen LogP contribution in [0.4, 0.5) is 4.79 Å². The maximum absolute atomic E-state index is 11.4. The smallest absolute Gasteiger partial charge is 0.315 e. The molecule has 0 bridgehead atoms. The number of urea groups is 1. The minimum absolute atomic E-state index is 0.120. The Morgan fingerprint density at radius 2 is 2.07 bits per heavy atom. The fraction of sp³-hybridized carbons (Fsp3) is 0.900. The van der Waals surface area contributed by atoms with Crippen LogP contribution in [0.2, 0.25) is 0 Å². The van der Waals surface area contributed by atoms with Crippen molar-refractivity contribution in [2.75, 3.05) is 6.61 Å². The first-order chi connectivity index (χ1) is 6.63. The van der Waals surface area contributed by atoms with Crippen LogP contribution in [0.1, 0.15) is 33.1 Å². The van der Waals surface area contributed by atoms with Gasteiger partial charge in [0, 0.05) is 18.7 Å². The number of nitrogens with one attached hydrogen (secondary N) is 2. The highest BCUT2D eigenvalue weighted by molar-refractivity contribution is 5.74. The zero-order valence-corrected chi connectivity index (χ0v) is 8.92. The second kappa shape index (κ2) is 5.20. The van der Waals surface area contributed by atoms with Gasteiger partial charge in [0.15, 0.2) is 0 Å². The van der Waals surface area contributed by atoms with Crippen molar-refractivity contribution in [2.45, 2.75) is 45.2 Å². The predicted molar refractivity (Wildman–Crippen MR) is 55.0 cm³/mol. The summed E-state index contributed by atoms with van der Waals surface area (Å²) in [7, 11) is 0. The third-order valence-electron chi connectivity index (χ3n) is 2.37. The second-order valence-corrected chi connectivity index (χ2v) is 4.23. The molecule has 3 N–H and O–H groups in total. The Kier molecular flexibility index (Phi) is 4.20. The SMILES string of the molecule is CC(C)NC(=O)NC(CCO)C1CC1. The van der Waals surface area contributed by atoms with Gasteiger partial charge in [-0.2, -0.15) is 0 Å². The molecular weight excluding hydrogens is 180 g/mol. The molecule has 2 amide bonds. The van der Waals surface area contributed by atoms with Gasteiger partial charge in [0.05, 0.1) is 0 Å². The molecule has 4 heteroatoms. The number of hydrogen-bond acceptors (Lipinski definition) is 2. The lowest BCUT2D eigenvalue weighted by atomic mass is 10.1. The van der Waals surface area contributed by atoms with Crippen molar-refractivity contribution in [1.82, 2.24) is 10.6 Å². The van der Waals surface area contributed by atoms with Gasteiger partial charge in [0.25, 0.3) is 0 Å². The van der Waals surface area contributed by atoms with Gasteiger partial charge < -0.3 is 15.7 Å². The lowest BCUT2D eigenvalue weighted by Crippen LogP contribution is -2.45. The number of aliphatic hydroxyl groups excluding tert-OH is 1. The van der Waals surface area contributed by atoms with Crippen LogP contribution in [-0.4, -0.2) is 29.8 Å². The summed E-state index contributed by atoms with van der Waals surface area (Å²) in [6, 6.07) is 0.188. The molecule has 0 aromatic carbocycles. The van der Waals surface area contributed by atoms with E-state index < -0.39 is 0 Å². The lowest BCUT2D eigenvalue weighted by molar-refractivity contribution is 0.223. The zero-order valence-electron chi connectivity index (χ0n) is 8.92. The van der Waals surface area contributed by atoms with Crippen LogP contribution in [-0.2, 0) is 0 Å². The van der Waals surface area contributed by atoms with Crippen LogP contribution < -0.4 is 10.6 Å². The molecule has 0 heterocycles. The van der Waals surface area contributed by atoms with E-state index in [-0.39, 0.29) is 24.7 Å². The van der Waals surface area contributed by atoms with Crippen molar-refractivity contribution >= 4 is 6.03 Å². The normalized spacial score (nSPS) is 18.0. The van der Waals surface area contributed by atoms with Gasteiger partial charge in [-0.1, -0.05) is 0 Å². The van der Waals surface area contributed by atoms with Crippen molar-refractivity contribution in [3.05, 3.63) is 0 Å². The molecule has 1 saturated carbocycles. The summed E-state index contributed by atoms with van der Waals surface area (Å²) in [5, 5.41) is 14.5. The molecular formula is C10H20N2O2. The molecule has 0 aliphatic heterocycles. The molecule has 1 atom stereocenters. The monoisotopic (exact) mass is 200 g/mol. The van der Waals surface area contributed by atoms with Gasteiger partial charge in [-0.15, -0.1) is 0 Å². The van der Waals surface area contributed by atoms with Crippen molar-refractivity contribution in [1.29, 1.82) is 0 Å². The molecule has 4 nitrogen and oxygen atoms in total. The minimum Gasteiger partial charge on any atom is -0.396 e. The first-order valence-electron chi connectivity index (χ1n) is 5.31. The predicted octanol–water partition coefficient (Wildman–Crippen LogP) is 0.855. The molecule has 0 saturated heterocycles. The Hall–Kier alpha value is -0.770. The maximum Gasteiger partial charge on any atom is 0.315 e. The fourth-order valence-electron chi connectivity index (χ4n) is 1.54. The highest BCUT2D eigenvalue weighted by Crippen LogP contribution is 2.33. The third kappa shape index (κ3) is 3.96. The largest absolute Gasteiger partial charge is 0.396 e. The summed E-state index contributed by atoms with van der Waals surface area (Å²) < 4.78 is 0. The van der Waals surface area contributed by atoms with E-state index >= 15 is 0 Å². The summed E-state index contributed by atoms with van der Waals surface area (Å²) in [6.45, 7) is 4.00. The zero-order chi connectivity index (χ0) is 10.6. The van der Waals surface area contributed by atoms with E-state index in [1.54, 1.807) is 0 Å². The van der Waals surface area contributed by atoms with Gasteiger partial charge in [0.2, 0.25) is 0 Å². The van der Waals surface area contributed by atoms with Gasteiger partial charge in [0.1, 0.15) is 0 Å². The van der Waals surface area contributed by atoms with Gasteiger partial charge in [-0.3, -0.25) is 0 Å². The lowest BCUT2D eigenvalue weighted by Gasteiger charge is -2.18. The van der Waals surface area contributed by atoms with Crippen molar-refractivity contribution < 1.29 is 9.90 Å². The van der Waals surface area contributed by atoms with Crippen LogP contribution in [0.25, 0.3) is 0 Å². The van der Waals surface area contributed by atoms with Crippen molar-refractivity contribution in [2.24, 2.45) is 5.92 Å². The number of hydrogen-bond donors (Lipinski definition) is 3. The van der Waals surface area contributed by atoms with Crippen molar-refractivity contribution in [3.8, 4) is 0 Å². The van der Waals surface area contributed by atoms with Crippen LogP contribution in [0.3, 0.4) is 0 Å². The number of amides is 2. The van der Waals surface area contributed by atoms with Crippen LogP contribution >= 0.6 is 0 Å². The number of aliphatic hydroxyl groups is 1. The van der Waals surface area contributed by atoms with E-state index in [2.05, 4.69) is 10.6 Å². The quantitative estimate of drug-likeness (QED) is 0.616. The van der Waals surface area contributed by atoms with Crippen LogP contribution in [0.15, 0.2) is 0 Å². The van der Waals surface area contributed by atoms with E-state index in [1.807, 2.05) is 13.8 Å². The number of carbonyl (C=O) groups is 1. The molecule has 0 aromatic heterocycles. The molecule has 82 valence electrons. The first kappa shape index (κ1) is 11.3. The Labute approximate surface area is 85.1 Å². The Morgan fingerprint density at radius 1 is 1.43 bits per heavy atom. The van der Waals surface area contributed by atoms with Crippen LogP contribution in [0.5, 0.6) is 0 Å². The molecule has 1 fully saturated rings. The Bertz CT molecular complexity index is 191. The molecule has 1 aliphatic rings. The fourth-order valence-corrected chi connectivity index (χ4v) is 1.54. The number of carbonyl (C=O) groups excluding carboxylic acids is 1. The molecule has 0 spiro atoms. The Morgan fingerprint density at radius 3 is 2.50 bits per heavy atom. The van der Waals surface area contributed by atoms with Gasteiger partial charge in [-0.05, 0) is 39.0 Å². The van der Waals surface area contributed by atoms with E-state index in [1.165, 1.54) is 12.8 Å².